The average Bonchev–Trinajstić information content (AvgIpc) is 3.11. The van der Waals surface area contributed by atoms with Crippen molar-refractivity contribution >= 4 is 17.5 Å². The molecule has 6 heteroatoms. The van der Waals surface area contributed by atoms with Crippen molar-refractivity contribution in [1.82, 2.24) is 4.40 Å². The number of ether oxygens (including phenoxy) is 1. The van der Waals surface area contributed by atoms with Gasteiger partial charge in [0, 0.05) is 28.9 Å². The van der Waals surface area contributed by atoms with E-state index in [1.807, 2.05) is 60.7 Å². The van der Waals surface area contributed by atoms with Gasteiger partial charge in [0.05, 0.1) is 10.6 Å². The maximum absolute atomic E-state index is 11.9. The molecule has 4 rings (SSSR count). The number of aryl methyl sites for hydroxylation is 1. The molecule has 0 amide bonds. The zero-order valence-corrected chi connectivity index (χ0v) is 15.7. The van der Waals surface area contributed by atoms with Crippen molar-refractivity contribution in [2.75, 3.05) is 0 Å². The number of aldehydes is 1. The quantitative estimate of drug-likeness (QED) is 0.259. The summed E-state index contributed by atoms with van der Waals surface area (Å²) < 4.78 is 7.72. The summed E-state index contributed by atoms with van der Waals surface area (Å²) in [6.45, 7) is 1.97. The van der Waals surface area contributed by atoms with Gasteiger partial charge in [-0.15, -0.1) is 0 Å². The minimum atomic E-state index is -0.451. The van der Waals surface area contributed by atoms with Crippen molar-refractivity contribution in [3.63, 3.8) is 0 Å². The number of fused-ring (bicyclic) bond motifs is 1. The van der Waals surface area contributed by atoms with Gasteiger partial charge in [0.2, 0.25) is 5.75 Å². The molecule has 2 aromatic heterocycles. The molecule has 2 aromatic carbocycles. The molecule has 0 bridgehead atoms. The van der Waals surface area contributed by atoms with E-state index in [0.29, 0.717) is 22.4 Å². The molecular weight excluding hydrogens is 368 g/mol. The number of carbonyl (C=O) groups is 1. The lowest BCUT2D eigenvalue weighted by molar-refractivity contribution is -0.385. The van der Waals surface area contributed by atoms with Crippen LogP contribution in [0.25, 0.3) is 16.6 Å². The summed E-state index contributed by atoms with van der Waals surface area (Å²) in [5.41, 5.74) is 3.85. The Morgan fingerprint density at radius 2 is 1.79 bits per heavy atom. The number of nitro benzene ring substituents is 1. The first-order chi connectivity index (χ1) is 14.1. The third-order valence-corrected chi connectivity index (χ3v) is 4.76. The summed E-state index contributed by atoms with van der Waals surface area (Å²) in [7, 11) is 0. The van der Waals surface area contributed by atoms with Gasteiger partial charge in [0.25, 0.3) is 0 Å². The fourth-order valence-electron chi connectivity index (χ4n) is 3.45. The highest BCUT2D eigenvalue weighted by Crippen LogP contribution is 2.41. The largest absolute Gasteiger partial charge is 0.482 e. The second-order valence-electron chi connectivity index (χ2n) is 6.75. The maximum Gasteiger partial charge on any atom is 0.311 e. The summed E-state index contributed by atoms with van der Waals surface area (Å²) in [4.78, 5) is 23.2. The average molecular weight is 386 g/mol. The minimum absolute atomic E-state index is 0.122. The molecular formula is C23H18N2O4. The molecule has 29 heavy (non-hydrogen) atoms. The molecule has 0 fully saturated rings. The molecule has 0 radical (unpaired) electrons. The fourth-order valence-corrected chi connectivity index (χ4v) is 3.45. The second kappa shape index (κ2) is 7.59. The van der Waals surface area contributed by atoms with Gasteiger partial charge in [-0.2, -0.15) is 0 Å². The Morgan fingerprint density at radius 3 is 2.52 bits per heavy atom. The summed E-state index contributed by atoms with van der Waals surface area (Å²) in [5.74, 6) is 0.156. The molecule has 0 aliphatic heterocycles. The highest BCUT2D eigenvalue weighted by molar-refractivity contribution is 5.92. The van der Waals surface area contributed by atoms with Crippen LogP contribution in [0.2, 0.25) is 0 Å². The Labute approximate surface area is 167 Å². The first kappa shape index (κ1) is 18.4. The van der Waals surface area contributed by atoms with Gasteiger partial charge in [-0.1, -0.05) is 36.4 Å². The number of hydrogen-bond acceptors (Lipinski definition) is 4. The molecule has 0 unspecified atom stereocenters. The molecule has 2 heterocycles. The van der Waals surface area contributed by atoms with Crippen molar-refractivity contribution in [3.8, 4) is 16.9 Å². The van der Waals surface area contributed by atoms with E-state index in [-0.39, 0.29) is 18.0 Å². The monoisotopic (exact) mass is 386 g/mol. The number of carbonyl (C=O) groups excluding carboxylic acids is 1. The molecule has 0 atom stereocenters. The van der Waals surface area contributed by atoms with Crippen LogP contribution < -0.4 is 4.74 Å². The van der Waals surface area contributed by atoms with Crippen molar-refractivity contribution in [1.29, 1.82) is 0 Å². The molecule has 0 saturated heterocycles. The minimum Gasteiger partial charge on any atom is -0.482 e. The molecule has 0 aliphatic carbocycles. The second-order valence-corrected chi connectivity index (χ2v) is 6.75. The molecule has 0 N–H and O–H groups in total. The van der Waals surface area contributed by atoms with E-state index < -0.39 is 4.92 Å². The van der Waals surface area contributed by atoms with Gasteiger partial charge in [-0.05, 0) is 42.3 Å². The summed E-state index contributed by atoms with van der Waals surface area (Å²) in [6.07, 6.45) is 2.55. The lowest BCUT2D eigenvalue weighted by Gasteiger charge is -2.13. The Balaban J connectivity index is 1.91. The van der Waals surface area contributed by atoms with Gasteiger partial charge in [-0.25, -0.2) is 0 Å². The Bertz CT molecular complexity index is 1210. The number of pyridine rings is 1. The van der Waals surface area contributed by atoms with Crippen molar-refractivity contribution < 1.29 is 14.5 Å². The van der Waals surface area contributed by atoms with Gasteiger partial charge in [0.15, 0.2) is 6.29 Å². The Hall–Kier alpha value is -3.93. The molecule has 0 saturated carbocycles. The maximum atomic E-state index is 11.9. The van der Waals surface area contributed by atoms with Gasteiger partial charge in [-0.3, -0.25) is 14.9 Å². The van der Waals surface area contributed by atoms with Gasteiger partial charge >= 0.3 is 5.69 Å². The smallest absolute Gasteiger partial charge is 0.311 e. The predicted molar refractivity (Wildman–Crippen MR) is 110 cm³/mol. The standard InChI is InChI=1S/C23H18N2O4/c1-16-11-20(19-13-18-9-5-6-10-24(18)22(19)14-26)23(21(12-16)25(27)28)29-15-17-7-3-2-4-8-17/h2-14H,15H2,1H3. The number of rotatable bonds is 6. The molecule has 0 spiro atoms. The Kier molecular flexibility index (Phi) is 4.83. The summed E-state index contributed by atoms with van der Waals surface area (Å²) >= 11 is 0. The third kappa shape index (κ3) is 3.48. The fraction of sp³-hybridized carbons (Fsp3) is 0.0870. The number of hydrogen-bond donors (Lipinski definition) is 0. The van der Waals surface area contributed by atoms with Crippen molar-refractivity contribution in [2.24, 2.45) is 0 Å². The van der Waals surface area contributed by atoms with E-state index in [0.717, 1.165) is 17.4 Å². The van der Waals surface area contributed by atoms with E-state index in [2.05, 4.69) is 0 Å². The summed E-state index contributed by atoms with van der Waals surface area (Å²) in [5, 5.41) is 11.7. The number of aromatic nitrogens is 1. The van der Waals surface area contributed by atoms with Crippen LogP contribution in [0.5, 0.6) is 5.75 Å². The van der Waals surface area contributed by atoms with Crippen LogP contribution in [0, 0.1) is 17.0 Å². The van der Waals surface area contributed by atoms with Crippen molar-refractivity contribution in [2.45, 2.75) is 13.5 Å². The SMILES string of the molecule is Cc1cc(-c2cc3ccccn3c2C=O)c(OCc2ccccc2)c([N+](=O)[O-])c1. The number of nitro groups is 1. The summed E-state index contributed by atoms with van der Waals surface area (Å²) in [6, 6.07) is 20.2. The lowest BCUT2D eigenvalue weighted by Crippen LogP contribution is -2.02. The molecule has 0 aliphatic rings. The van der Waals surface area contributed by atoms with Crippen LogP contribution in [0.1, 0.15) is 21.6 Å². The molecule has 144 valence electrons. The van der Waals surface area contributed by atoms with E-state index in [1.54, 1.807) is 17.5 Å². The zero-order chi connectivity index (χ0) is 20.4. The highest BCUT2D eigenvalue weighted by Gasteiger charge is 2.24. The zero-order valence-electron chi connectivity index (χ0n) is 15.7. The third-order valence-electron chi connectivity index (χ3n) is 4.76. The van der Waals surface area contributed by atoms with Crippen molar-refractivity contribution in [3.05, 3.63) is 99.9 Å². The first-order valence-corrected chi connectivity index (χ1v) is 9.10. The van der Waals surface area contributed by atoms with E-state index >= 15 is 0 Å². The van der Waals surface area contributed by atoms with Gasteiger partial charge < -0.3 is 9.14 Å². The van der Waals surface area contributed by atoms with Crippen LogP contribution in [0.15, 0.2) is 72.9 Å². The van der Waals surface area contributed by atoms with E-state index in [4.69, 9.17) is 4.74 Å². The topological polar surface area (TPSA) is 73.8 Å². The van der Waals surface area contributed by atoms with Crippen LogP contribution in [-0.4, -0.2) is 15.6 Å². The van der Waals surface area contributed by atoms with Crippen LogP contribution >= 0.6 is 0 Å². The normalized spacial score (nSPS) is 10.8. The first-order valence-electron chi connectivity index (χ1n) is 9.10. The van der Waals surface area contributed by atoms with Crippen LogP contribution in [0.4, 0.5) is 5.69 Å². The lowest BCUT2D eigenvalue weighted by atomic mass is 10.0. The van der Waals surface area contributed by atoms with Crippen LogP contribution in [0.3, 0.4) is 0 Å². The molecule has 4 aromatic rings. The van der Waals surface area contributed by atoms with E-state index in [1.165, 1.54) is 6.07 Å². The number of benzene rings is 2. The van der Waals surface area contributed by atoms with E-state index in [9.17, 15) is 14.9 Å². The predicted octanol–water partition coefficient (Wildman–Crippen LogP) is 5.21. The Morgan fingerprint density at radius 1 is 1.03 bits per heavy atom. The van der Waals surface area contributed by atoms with Gasteiger partial charge in [0.1, 0.15) is 6.61 Å². The number of nitrogens with zero attached hydrogens (tertiary/aromatic N) is 2. The highest BCUT2D eigenvalue weighted by atomic mass is 16.6. The van der Waals surface area contributed by atoms with Crippen LogP contribution in [-0.2, 0) is 6.61 Å². The molecule has 6 nitrogen and oxygen atoms in total.